The van der Waals surface area contributed by atoms with Crippen LogP contribution < -0.4 is 24.3 Å². The van der Waals surface area contributed by atoms with Crippen molar-refractivity contribution in [3.63, 3.8) is 0 Å². The van der Waals surface area contributed by atoms with Crippen LogP contribution in [0.1, 0.15) is 30.4 Å². The van der Waals surface area contributed by atoms with Crippen LogP contribution in [0.4, 0.5) is 0 Å². The minimum atomic E-state index is -0.809. The maximum atomic E-state index is 12.9. The number of piperidine rings is 1. The van der Waals surface area contributed by atoms with Gasteiger partial charge < -0.3 is 29.4 Å². The number of carbonyl (C=O) groups excluding carboxylic acids is 1. The second-order valence-corrected chi connectivity index (χ2v) is 7.64. The topological polar surface area (TPSA) is 86.3 Å². The summed E-state index contributed by atoms with van der Waals surface area (Å²) in [5.41, 5.74) is 1.05. The van der Waals surface area contributed by atoms with Crippen molar-refractivity contribution in [1.82, 2.24) is 5.32 Å². The van der Waals surface area contributed by atoms with E-state index in [4.69, 9.17) is 18.9 Å². The van der Waals surface area contributed by atoms with Crippen molar-refractivity contribution >= 4 is 12.0 Å². The van der Waals surface area contributed by atoms with E-state index in [1.165, 1.54) is 20.3 Å². The number of hydrogen-bond acceptors (Lipinski definition) is 6. The minimum Gasteiger partial charge on any atom is -0.507 e. The molecule has 162 valence electrons. The number of aliphatic hydroxyl groups excluding tert-OH is 1. The molecule has 0 aliphatic carbocycles. The average molecular weight is 423 g/mol. The van der Waals surface area contributed by atoms with Crippen LogP contribution in [-0.4, -0.2) is 38.1 Å². The Morgan fingerprint density at radius 1 is 1.13 bits per heavy atom. The number of allylic oxidation sites excluding steroid dienone is 1. The van der Waals surface area contributed by atoms with E-state index in [0.29, 0.717) is 40.6 Å². The van der Waals surface area contributed by atoms with E-state index in [-0.39, 0.29) is 17.6 Å². The molecule has 7 nitrogen and oxygen atoms in total. The molecule has 0 radical (unpaired) electrons. The molecular weight excluding hydrogens is 398 g/mol. The van der Waals surface area contributed by atoms with E-state index in [1.807, 2.05) is 31.2 Å². The quantitative estimate of drug-likeness (QED) is 0.560. The van der Waals surface area contributed by atoms with Crippen molar-refractivity contribution in [2.24, 2.45) is 0 Å². The molecule has 1 saturated heterocycles. The molecule has 2 aliphatic heterocycles. The highest BCUT2D eigenvalue weighted by atomic mass is 16.5. The van der Waals surface area contributed by atoms with Gasteiger partial charge in [-0.25, -0.2) is 0 Å². The second kappa shape index (κ2) is 7.91. The van der Waals surface area contributed by atoms with Crippen LogP contribution in [0.2, 0.25) is 0 Å². The van der Waals surface area contributed by atoms with Crippen LogP contribution in [0.3, 0.4) is 0 Å². The molecule has 2 atom stereocenters. The van der Waals surface area contributed by atoms with Gasteiger partial charge in [-0.3, -0.25) is 4.79 Å². The highest BCUT2D eigenvalue weighted by Gasteiger charge is 2.47. The lowest BCUT2D eigenvalue weighted by Gasteiger charge is -2.45. The highest BCUT2D eigenvalue weighted by Crippen LogP contribution is 2.47. The maximum Gasteiger partial charge on any atom is 0.254 e. The van der Waals surface area contributed by atoms with E-state index in [0.717, 1.165) is 5.56 Å². The molecular formula is C24H25NO6. The first kappa shape index (κ1) is 20.7. The predicted octanol–water partition coefficient (Wildman–Crippen LogP) is 3.95. The van der Waals surface area contributed by atoms with Crippen LogP contribution in [0.25, 0.3) is 6.08 Å². The molecule has 31 heavy (non-hydrogen) atoms. The number of nitrogens with one attached hydrogen (secondary N) is 1. The second-order valence-electron chi connectivity index (χ2n) is 7.64. The molecule has 2 aliphatic rings. The SMILES string of the molecule is COc1ccc(/C=C/C(O)=C2\C(=O)NC3(C)CC2c2ccccc2O3)c(OC)c1OC. The number of para-hydroxylation sites is 1. The van der Waals surface area contributed by atoms with Crippen LogP contribution in [0.15, 0.2) is 53.8 Å². The molecule has 2 bridgehead atoms. The third-order valence-corrected chi connectivity index (χ3v) is 5.63. The van der Waals surface area contributed by atoms with Crippen molar-refractivity contribution in [3.8, 4) is 23.0 Å². The molecule has 1 amide bonds. The largest absolute Gasteiger partial charge is 0.507 e. The van der Waals surface area contributed by atoms with E-state index >= 15 is 0 Å². The highest BCUT2D eigenvalue weighted by molar-refractivity contribution is 5.98. The lowest BCUT2D eigenvalue weighted by Crippen LogP contribution is -2.58. The van der Waals surface area contributed by atoms with Crippen LogP contribution in [0.5, 0.6) is 23.0 Å². The molecule has 1 fully saturated rings. The molecule has 7 heteroatoms. The van der Waals surface area contributed by atoms with Crippen molar-refractivity contribution in [2.75, 3.05) is 21.3 Å². The van der Waals surface area contributed by atoms with E-state index in [9.17, 15) is 9.90 Å². The zero-order chi connectivity index (χ0) is 22.2. The van der Waals surface area contributed by atoms with Crippen molar-refractivity contribution in [3.05, 3.63) is 64.9 Å². The maximum absolute atomic E-state index is 12.9. The van der Waals surface area contributed by atoms with Gasteiger partial charge in [0.2, 0.25) is 5.75 Å². The number of hydrogen-bond donors (Lipinski definition) is 2. The van der Waals surface area contributed by atoms with Gasteiger partial charge in [-0.2, -0.15) is 0 Å². The van der Waals surface area contributed by atoms with Gasteiger partial charge in [-0.05, 0) is 37.3 Å². The standard InChI is InChI=1S/C24H25NO6/c1-24-13-16(15-7-5-6-8-18(15)31-24)20(23(27)25-24)17(26)11-9-14-10-12-19(28-2)22(30-4)21(14)29-3/h5-12,16,26H,13H2,1-4H3,(H,25,27)/b11-9+,20-17+. The number of aliphatic hydroxyl groups is 1. The Balaban J connectivity index is 1.76. The molecule has 2 heterocycles. The first-order valence-corrected chi connectivity index (χ1v) is 9.91. The summed E-state index contributed by atoms with van der Waals surface area (Å²) in [4.78, 5) is 12.9. The lowest BCUT2D eigenvalue weighted by molar-refractivity contribution is -0.127. The fourth-order valence-electron chi connectivity index (χ4n) is 4.25. The third-order valence-electron chi connectivity index (χ3n) is 5.63. The molecule has 2 aromatic carbocycles. The van der Waals surface area contributed by atoms with Crippen LogP contribution >= 0.6 is 0 Å². The number of fused-ring (bicyclic) bond motifs is 4. The van der Waals surface area contributed by atoms with Gasteiger partial charge in [-0.1, -0.05) is 18.2 Å². The van der Waals surface area contributed by atoms with E-state index in [2.05, 4.69) is 5.32 Å². The van der Waals surface area contributed by atoms with Crippen LogP contribution in [-0.2, 0) is 4.79 Å². The first-order chi connectivity index (χ1) is 14.9. The fourth-order valence-corrected chi connectivity index (χ4v) is 4.25. The van der Waals surface area contributed by atoms with Gasteiger partial charge in [0.15, 0.2) is 17.2 Å². The molecule has 2 aromatic rings. The van der Waals surface area contributed by atoms with Crippen molar-refractivity contribution in [1.29, 1.82) is 0 Å². The summed E-state index contributed by atoms with van der Waals surface area (Å²) < 4.78 is 22.2. The Morgan fingerprint density at radius 3 is 2.58 bits per heavy atom. The Labute approximate surface area is 180 Å². The Hall–Kier alpha value is -3.61. The zero-order valence-corrected chi connectivity index (χ0v) is 17.9. The summed E-state index contributed by atoms with van der Waals surface area (Å²) in [6.07, 6.45) is 3.71. The molecule has 2 unspecified atom stereocenters. The zero-order valence-electron chi connectivity index (χ0n) is 17.9. The molecule has 0 saturated carbocycles. The lowest BCUT2D eigenvalue weighted by atomic mass is 9.78. The third kappa shape index (κ3) is 3.56. The molecule has 2 N–H and O–H groups in total. The number of methoxy groups -OCH3 is 3. The van der Waals surface area contributed by atoms with Gasteiger partial charge in [-0.15, -0.1) is 0 Å². The smallest absolute Gasteiger partial charge is 0.254 e. The normalized spacial score (nSPS) is 23.5. The van der Waals surface area contributed by atoms with Gasteiger partial charge in [0.1, 0.15) is 11.5 Å². The van der Waals surface area contributed by atoms with Crippen LogP contribution in [0, 0.1) is 0 Å². The molecule has 0 spiro atoms. The molecule has 0 aromatic heterocycles. The van der Waals surface area contributed by atoms with Gasteiger partial charge >= 0.3 is 0 Å². The first-order valence-electron chi connectivity index (χ1n) is 9.91. The summed E-state index contributed by atoms with van der Waals surface area (Å²) in [6, 6.07) is 11.1. The van der Waals surface area contributed by atoms with Crippen molar-refractivity contribution in [2.45, 2.75) is 25.0 Å². The summed E-state index contributed by atoms with van der Waals surface area (Å²) in [6.45, 7) is 1.84. The van der Waals surface area contributed by atoms with Crippen molar-refractivity contribution < 1.29 is 28.8 Å². The Kier molecular flexibility index (Phi) is 5.27. The summed E-state index contributed by atoms with van der Waals surface area (Å²) in [5, 5.41) is 13.8. The number of ether oxygens (including phenoxy) is 4. The van der Waals surface area contributed by atoms with Gasteiger partial charge in [0, 0.05) is 23.5 Å². The number of rotatable bonds is 5. The van der Waals surface area contributed by atoms with E-state index in [1.54, 1.807) is 25.3 Å². The number of carbonyl (C=O) groups is 1. The number of amides is 1. The monoisotopic (exact) mass is 423 g/mol. The van der Waals surface area contributed by atoms with E-state index < -0.39 is 5.72 Å². The fraction of sp³-hybridized carbons (Fsp3) is 0.292. The minimum absolute atomic E-state index is 0.113. The van der Waals surface area contributed by atoms with Gasteiger partial charge in [0.05, 0.1) is 26.9 Å². The number of benzene rings is 2. The van der Waals surface area contributed by atoms with Gasteiger partial charge in [0.25, 0.3) is 5.91 Å². The Bertz CT molecular complexity index is 1090. The Morgan fingerprint density at radius 2 is 1.87 bits per heavy atom. The summed E-state index contributed by atoms with van der Waals surface area (Å²) >= 11 is 0. The summed E-state index contributed by atoms with van der Waals surface area (Å²) in [5.74, 6) is 1.41. The molecule has 4 rings (SSSR count). The predicted molar refractivity (Wildman–Crippen MR) is 116 cm³/mol. The summed E-state index contributed by atoms with van der Waals surface area (Å²) in [7, 11) is 4.60. The average Bonchev–Trinajstić information content (AvgIpc) is 2.75.